The van der Waals surface area contributed by atoms with E-state index in [1.165, 1.54) is 27.6 Å². The molecule has 7 heteroatoms. The van der Waals surface area contributed by atoms with Crippen molar-refractivity contribution in [2.45, 2.75) is 32.7 Å². The molecule has 0 saturated heterocycles. The van der Waals surface area contributed by atoms with Gasteiger partial charge in [0.1, 0.15) is 5.69 Å². The molecule has 0 aliphatic carbocycles. The van der Waals surface area contributed by atoms with Gasteiger partial charge in [-0.3, -0.25) is 9.59 Å². The molecular weight excluding hydrogens is 348 g/mol. The number of nitrogens with two attached hydrogens (primary N) is 1. The lowest BCUT2D eigenvalue weighted by molar-refractivity contribution is 0.0999. The minimum Gasteiger partial charge on any atom is -0.364 e. The lowest BCUT2D eigenvalue weighted by Crippen LogP contribution is -2.21. The molecule has 0 radical (unpaired) electrons. The van der Waals surface area contributed by atoms with Crippen LogP contribution in [0.1, 0.15) is 34.4 Å². The Bertz CT molecular complexity index is 963. The number of thiazole rings is 1. The second-order valence-corrected chi connectivity index (χ2v) is 6.87. The molecule has 2 heterocycles. The van der Waals surface area contributed by atoms with Gasteiger partial charge in [0.05, 0.1) is 10.6 Å². The molecule has 2 aromatic heterocycles. The maximum Gasteiger partial charge on any atom is 0.277 e. The largest absolute Gasteiger partial charge is 0.364 e. The zero-order valence-electron chi connectivity index (χ0n) is 14.5. The van der Waals surface area contributed by atoms with E-state index in [0.29, 0.717) is 18.7 Å². The number of aryl methyl sites for hydroxylation is 3. The topological polar surface area (TPSA) is 90.9 Å². The quantitative estimate of drug-likeness (QED) is 0.694. The Kier molecular flexibility index (Phi) is 5.58. The summed E-state index contributed by atoms with van der Waals surface area (Å²) in [7, 11) is 0. The third kappa shape index (κ3) is 4.05. The predicted molar refractivity (Wildman–Crippen MR) is 102 cm³/mol. The van der Waals surface area contributed by atoms with Gasteiger partial charge in [0.15, 0.2) is 5.01 Å². The average molecular weight is 368 g/mol. The maximum absolute atomic E-state index is 11.8. The van der Waals surface area contributed by atoms with Gasteiger partial charge in [-0.25, -0.2) is 9.67 Å². The summed E-state index contributed by atoms with van der Waals surface area (Å²) in [5, 5.41) is 4.65. The van der Waals surface area contributed by atoms with E-state index in [-0.39, 0.29) is 10.6 Å². The maximum atomic E-state index is 11.8. The Morgan fingerprint density at radius 1 is 1.15 bits per heavy atom. The normalized spacial score (nSPS) is 10.8. The third-order valence-electron chi connectivity index (χ3n) is 4.03. The van der Waals surface area contributed by atoms with E-state index in [0.717, 1.165) is 23.4 Å². The first-order chi connectivity index (χ1) is 12.6. The molecule has 0 bridgehead atoms. The predicted octanol–water partition coefficient (Wildman–Crippen LogP) is 2.66. The van der Waals surface area contributed by atoms with E-state index in [4.69, 9.17) is 5.73 Å². The van der Waals surface area contributed by atoms with Crippen molar-refractivity contribution >= 4 is 17.2 Å². The van der Waals surface area contributed by atoms with Crippen LogP contribution in [0.4, 0.5) is 0 Å². The fraction of sp³-hybridized carbons (Fsp3) is 0.263. The van der Waals surface area contributed by atoms with Gasteiger partial charge in [-0.05, 0) is 37.8 Å². The van der Waals surface area contributed by atoms with E-state index < -0.39 is 5.91 Å². The number of benzene rings is 1. The van der Waals surface area contributed by atoms with Gasteiger partial charge in [0.2, 0.25) is 0 Å². The summed E-state index contributed by atoms with van der Waals surface area (Å²) in [4.78, 5) is 28.6. The molecule has 3 rings (SSSR count). The van der Waals surface area contributed by atoms with Crippen LogP contribution in [0.2, 0.25) is 0 Å². The summed E-state index contributed by atoms with van der Waals surface area (Å²) in [6.45, 7) is 2.35. The molecule has 26 heavy (non-hydrogen) atoms. The molecule has 2 N–H and O–H groups in total. The second kappa shape index (κ2) is 8.05. The number of carbonyl (C=O) groups excluding carboxylic acids is 1. The molecule has 0 unspecified atom stereocenters. The number of rotatable bonds is 7. The Morgan fingerprint density at radius 3 is 2.62 bits per heavy atom. The molecule has 0 spiro atoms. The molecule has 6 nitrogen and oxygen atoms in total. The smallest absolute Gasteiger partial charge is 0.277 e. The van der Waals surface area contributed by atoms with Crippen molar-refractivity contribution < 1.29 is 4.79 Å². The molecular formula is C19H20N4O2S. The number of carbonyl (C=O) groups is 1. The van der Waals surface area contributed by atoms with Crippen LogP contribution >= 0.6 is 11.3 Å². The molecule has 0 aliphatic rings. The Labute approximate surface area is 155 Å². The van der Waals surface area contributed by atoms with Crippen molar-refractivity contribution in [1.82, 2.24) is 14.8 Å². The van der Waals surface area contributed by atoms with Crippen LogP contribution in [0.3, 0.4) is 0 Å². The number of nitrogens with zero attached hydrogens (tertiary/aromatic N) is 3. The fourth-order valence-corrected chi connectivity index (χ4v) is 3.66. The second-order valence-electron chi connectivity index (χ2n) is 5.87. The zero-order chi connectivity index (χ0) is 18.5. The van der Waals surface area contributed by atoms with Crippen molar-refractivity contribution in [3.05, 3.63) is 69.1 Å². The van der Waals surface area contributed by atoms with Crippen LogP contribution in [-0.4, -0.2) is 20.7 Å². The number of aromatic nitrogens is 3. The summed E-state index contributed by atoms with van der Waals surface area (Å²) in [5.74, 6) is -0.547. The first-order valence-electron chi connectivity index (χ1n) is 8.50. The number of primary amides is 1. The Hall–Kier alpha value is -2.80. The SMILES string of the molecule is CCn1nc(-c2sc(C(N)=O)nc2CCCc2ccccc2)ccc1=O. The van der Waals surface area contributed by atoms with Crippen molar-refractivity contribution in [2.24, 2.45) is 5.73 Å². The zero-order valence-corrected chi connectivity index (χ0v) is 15.3. The van der Waals surface area contributed by atoms with Crippen LogP contribution < -0.4 is 11.3 Å². The average Bonchev–Trinajstić information content (AvgIpc) is 3.07. The number of hydrogen-bond donors (Lipinski definition) is 1. The lowest BCUT2D eigenvalue weighted by atomic mass is 10.1. The standard InChI is InChI=1S/C19H20N4O2S/c1-2-23-16(24)12-11-15(22-23)17-14(21-19(26-17)18(20)25)10-6-9-13-7-4-3-5-8-13/h3-5,7-8,11-12H,2,6,9-10H2,1H3,(H2,20,25). The van der Waals surface area contributed by atoms with Crippen molar-refractivity contribution in [3.8, 4) is 10.6 Å². The van der Waals surface area contributed by atoms with Gasteiger partial charge < -0.3 is 5.73 Å². The Balaban J connectivity index is 1.87. The molecule has 0 aliphatic heterocycles. The van der Waals surface area contributed by atoms with Crippen LogP contribution in [-0.2, 0) is 19.4 Å². The highest BCUT2D eigenvalue weighted by atomic mass is 32.1. The van der Waals surface area contributed by atoms with Gasteiger partial charge >= 0.3 is 0 Å². The summed E-state index contributed by atoms with van der Waals surface area (Å²) < 4.78 is 1.40. The van der Waals surface area contributed by atoms with Crippen LogP contribution in [0.5, 0.6) is 0 Å². The van der Waals surface area contributed by atoms with Crippen LogP contribution in [0, 0.1) is 0 Å². The summed E-state index contributed by atoms with van der Waals surface area (Å²) in [5.41, 5.74) is 7.96. The molecule has 0 atom stereocenters. The molecule has 134 valence electrons. The molecule has 3 aromatic rings. The van der Waals surface area contributed by atoms with Crippen molar-refractivity contribution in [3.63, 3.8) is 0 Å². The third-order valence-corrected chi connectivity index (χ3v) is 5.16. The highest BCUT2D eigenvalue weighted by molar-refractivity contribution is 7.17. The summed E-state index contributed by atoms with van der Waals surface area (Å²) >= 11 is 1.23. The Morgan fingerprint density at radius 2 is 1.92 bits per heavy atom. The van der Waals surface area contributed by atoms with E-state index in [1.807, 2.05) is 25.1 Å². The van der Waals surface area contributed by atoms with Crippen molar-refractivity contribution in [2.75, 3.05) is 0 Å². The molecule has 0 fully saturated rings. The van der Waals surface area contributed by atoms with E-state index >= 15 is 0 Å². The number of amides is 1. The van der Waals surface area contributed by atoms with E-state index in [9.17, 15) is 9.59 Å². The molecule has 1 aromatic carbocycles. The minimum absolute atomic E-state index is 0.151. The minimum atomic E-state index is -0.547. The number of hydrogen-bond acceptors (Lipinski definition) is 5. The first-order valence-corrected chi connectivity index (χ1v) is 9.32. The first kappa shape index (κ1) is 18.0. The summed E-state index contributed by atoms with van der Waals surface area (Å²) in [6, 6.07) is 13.4. The van der Waals surface area contributed by atoms with Crippen LogP contribution in [0.25, 0.3) is 10.6 Å². The highest BCUT2D eigenvalue weighted by Crippen LogP contribution is 2.29. The van der Waals surface area contributed by atoms with Gasteiger partial charge in [-0.15, -0.1) is 11.3 Å². The lowest BCUT2D eigenvalue weighted by Gasteiger charge is -2.05. The molecule has 1 amide bonds. The highest BCUT2D eigenvalue weighted by Gasteiger charge is 2.17. The fourth-order valence-electron chi connectivity index (χ4n) is 2.73. The van der Waals surface area contributed by atoms with Crippen LogP contribution in [0.15, 0.2) is 47.3 Å². The van der Waals surface area contributed by atoms with Gasteiger partial charge in [-0.1, -0.05) is 30.3 Å². The summed E-state index contributed by atoms with van der Waals surface area (Å²) in [6.07, 6.45) is 2.53. The molecule has 0 saturated carbocycles. The van der Waals surface area contributed by atoms with E-state index in [2.05, 4.69) is 22.2 Å². The van der Waals surface area contributed by atoms with Gasteiger partial charge in [-0.2, -0.15) is 5.10 Å². The van der Waals surface area contributed by atoms with Gasteiger partial charge in [0, 0.05) is 12.6 Å². The monoisotopic (exact) mass is 368 g/mol. The van der Waals surface area contributed by atoms with Crippen molar-refractivity contribution in [1.29, 1.82) is 0 Å². The van der Waals surface area contributed by atoms with Gasteiger partial charge in [0.25, 0.3) is 11.5 Å². The van der Waals surface area contributed by atoms with E-state index in [1.54, 1.807) is 6.07 Å².